The van der Waals surface area contributed by atoms with E-state index in [1.165, 1.54) is 32.2 Å². The topological polar surface area (TPSA) is 93.7 Å². The first-order chi connectivity index (χ1) is 14.3. The number of benzene rings is 1. The molecule has 0 saturated heterocycles. The summed E-state index contributed by atoms with van der Waals surface area (Å²) in [7, 11) is -0.770. The minimum absolute atomic E-state index is 0.0124. The molecule has 0 unspecified atom stereocenters. The number of amides is 2. The van der Waals surface area contributed by atoms with Crippen molar-refractivity contribution in [2.24, 2.45) is 0 Å². The van der Waals surface area contributed by atoms with Crippen LogP contribution in [0, 0.1) is 5.82 Å². The zero-order chi connectivity index (χ0) is 23.8. The van der Waals surface area contributed by atoms with E-state index in [1.807, 2.05) is 0 Å². The molecule has 0 aliphatic carbocycles. The molecule has 1 aromatic carbocycles. The molecule has 0 saturated carbocycles. The zero-order valence-corrected chi connectivity index (χ0v) is 20.5. The quantitative estimate of drug-likeness (QED) is 0.419. The van der Waals surface area contributed by atoms with Crippen LogP contribution < -0.4 is 10.6 Å². The van der Waals surface area contributed by atoms with Crippen LogP contribution in [0.25, 0.3) is 0 Å². The number of ether oxygens (including phenoxy) is 1. The second-order valence-corrected chi connectivity index (χ2v) is 13.9. The van der Waals surface area contributed by atoms with Crippen LogP contribution in [0.5, 0.6) is 0 Å². The van der Waals surface area contributed by atoms with Gasteiger partial charge in [-0.25, -0.2) is 9.18 Å². The third kappa shape index (κ3) is 8.78. The highest BCUT2D eigenvalue weighted by atomic mass is 28.4. The SMILES string of the molecule is COC(=O)[C@H](CCO[Si](C)(C)C(C)(C)C)NC(=O)[C@H](Cc1cccc(F)c1)NC(C)=O. The lowest BCUT2D eigenvalue weighted by Gasteiger charge is -2.36. The maximum absolute atomic E-state index is 13.5. The average Bonchev–Trinajstić information content (AvgIpc) is 2.64. The molecule has 31 heavy (non-hydrogen) atoms. The summed E-state index contributed by atoms with van der Waals surface area (Å²) in [4.78, 5) is 36.7. The number of hydrogen-bond acceptors (Lipinski definition) is 5. The molecule has 1 aromatic rings. The van der Waals surface area contributed by atoms with Crippen molar-refractivity contribution in [3.05, 3.63) is 35.6 Å². The summed E-state index contributed by atoms with van der Waals surface area (Å²) >= 11 is 0. The summed E-state index contributed by atoms with van der Waals surface area (Å²) in [5.41, 5.74) is 0.546. The fourth-order valence-electron chi connectivity index (χ4n) is 2.67. The molecular formula is C22H35FN2O5Si. The Balaban J connectivity index is 2.88. The summed E-state index contributed by atoms with van der Waals surface area (Å²) < 4.78 is 24.4. The maximum atomic E-state index is 13.5. The van der Waals surface area contributed by atoms with Crippen LogP contribution in [0.15, 0.2) is 24.3 Å². The number of halogens is 1. The Morgan fingerprint density at radius 1 is 1.13 bits per heavy atom. The van der Waals surface area contributed by atoms with E-state index in [-0.39, 0.29) is 24.5 Å². The molecule has 0 radical (unpaired) electrons. The van der Waals surface area contributed by atoms with E-state index >= 15 is 0 Å². The minimum atomic E-state index is -2.01. The van der Waals surface area contributed by atoms with E-state index < -0.39 is 44.0 Å². The van der Waals surface area contributed by atoms with Gasteiger partial charge in [0.05, 0.1) is 7.11 Å². The van der Waals surface area contributed by atoms with Gasteiger partial charge < -0.3 is 19.8 Å². The molecule has 0 aromatic heterocycles. The second-order valence-electron chi connectivity index (χ2n) is 9.07. The molecule has 7 nitrogen and oxygen atoms in total. The van der Waals surface area contributed by atoms with Gasteiger partial charge in [-0.1, -0.05) is 32.9 Å². The smallest absolute Gasteiger partial charge is 0.328 e. The highest BCUT2D eigenvalue weighted by Gasteiger charge is 2.37. The molecule has 0 aliphatic heterocycles. The van der Waals surface area contributed by atoms with E-state index in [0.29, 0.717) is 5.56 Å². The number of rotatable bonds is 10. The highest BCUT2D eigenvalue weighted by Crippen LogP contribution is 2.36. The fourth-order valence-corrected chi connectivity index (χ4v) is 3.73. The molecule has 0 spiro atoms. The van der Waals surface area contributed by atoms with Crippen molar-refractivity contribution in [3.63, 3.8) is 0 Å². The van der Waals surface area contributed by atoms with Crippen LogP contribution >= 0.6 is 0 Å². The molecule has 174 valence electrons. The summed E-state index contributed by atoms with van der Waals surface area (Å²) in [6.07, 6.45) is 0.315. The van der Waals surface area contributed by atoms with Gasteiger partial charge in [0.1, 0.15) is 17.9 Å². The first kappa shape index (κ1) is 26.8. The summed E-state index contributed by atoms with van der Waals surface area (Å²) in [6, 6.07) is 3.90. The van der Waals surface area contributed by atoms with Gasteiger partial charge in [0.15, 0.2) is 8.32 Å². The van der Waals surface area contributed by atoms with Crippen LogP contribution in [0.4, 0.5) is 4.39 Å². The Labute approximate surface area is 185 Å². The molecule has 2 atom stereocenters. The van der Waals surface area contributed by atoms with Gasteiger partial charge in [-0.15, -0.1) is 0 Å². The first-order valence-electron chi connectivity index (χ1n) is 10.3. The summed E-state index contributed by atoms with van der Waals surface area (Å²) in [6.45, 7) is 12.1. The summed E-state index contributed by atoms with van der Waals surface area (Å²) in [5, 5.41) is 5.22. The Kier molecular flexibility index (Phi) is 9.83. The molecule has 2 N–H and O–H groups in total. The number of carbonyl (C=O) groups is 3. The molecule has 0 bridgehead atoms. The predicted octanol–water partition coefficient (Wildman–Crippen LogP) is 2.94. The predicted molar refractivity (Wildman–Crippen MR) is 119 cm³/mol. The Hall–Kier alpha value is -2.26. The Morgan fingerprint density at radius 3 is 2.29 bits per heavy atom. The van der Waals surface area contributed by atoms with Gasteiger partial charge in [-0.3, -0.25) is 9.59 Å². The number of carbonyl (C=O) groups excluding carboxylic acids is 3. The van der Waals surface area contributed by atoms with Gasteiger partial charge in [0, 0.05) is 26.4 Å². The van der Waals surface area contributed by atoms with E-state index in [0.717, 1.165) is 0 Å². The summed E-state index contributed by atoms with van der Waals surface area (Å²) in [5.74, 6) is -2.00. The van der Waals surface area contributed by atoms with Crippen LogP contribution in [0.3, 0.4) is 0 Å². The van der Waals surface area contributed by atoms with E-state index in [2.05, 4.69) is 44.5 Å². The lowest BCUT2D eigenvalue weighted by atomic mass is 10.0. The van der Waals surface area contributed by atoms with Gasteiger partial charge in [0.25, 0.3) is 0 Å². The van der Waals surface area contributed by atoms with Crippen molar-refractivity contribution in [1.82, 2.24) is 10.6 Å². The standard InChI is InChI=1S/C22H35FN2O5Si/c1-15(26)24-19(14-16-9-8-10-17(23)13-16)20(27)25-18(21(28)29-5)11-12-30-31(6,7)22(2,3)4/h8-10,13,18-19H,11-12,14H2,1-7H3,(H,24,26)(H,25,27)/t18-,19-/m0/s1. The molecule has 0 fully saturated rings. The zero-order valence-electron chi connectivity index (χ0n) is 19.5. The van der Waals surface area contributed by atoms with Crippen LogP contribution in [-0.4, -0.2) is 51.9 Å². The first-order valence-corrected chi connectivity index (χ1v) is 13.2. The van der Waals surface area contributed by atoms with Crippen molar-refractivity contribution in [3.8, 4) is 0 Å². The van der Waals surface area contributed by atoms with Crippen molar-refractivity contribution in [2.75, 3.05) is 13.7 Å². The van der Waals surface area contributed by atoms with E-state index in [9.17, 15) is 18.8 Å². The minimum Gasteiger partial charge on any atom is -0.467 e. The molecule has 9 heteroatoms. The van der Waals surface area contributed by atoms with Crippen LogP contribution in [0.1, 0.15) is 39.7 Å². The van der Waals surface area contributed by atoms with Crippen LogP contribution in [0.2, 0.25) is 18.1 Å². The van der Waals surface area contributed by atoms with Gasteiger partial charge in [-0.2, -0.15) is 0 Å². The van der Waals surface area contributed by atoms with E-state index in [4.69, 9.17) is 9.16 Å². The molecule has 2 amide bonds. The van der Waals surface area contributed by atoms with Gasteiger partial charge in [0.2, 0.25) is 11.8 Å². The van der Waals surface area contributed by atoms with Gasteiger partial charge >= 0.3 is 5.97 Å². The second kappa shape index (κ2) is 11.4. The largest absolute Gasteiger partial charge is 0.467 e. The normalized spacial score (nSPS) is 13.8. The number of esters is 1. The Morgan fingerprint density at radius 2 is 1.77 bits per heavy atom. The molecular weight excluding hydrogens is 419 g/mol. The number of methoxy groups -OCH3 is 1. The number of hydrogen-bond donors (Lipinski definition) is 2. The van der Waals surface area contributed by atoms with Crippen molar-refractivity contribution in [2.45, 2.75) is 70.8 Å². The van der Waals surface area contributed by atoms with Crippen molar-refractivity contribution >= 4 is 26.1 Å². The number of nitrogens with one attached hydrogen (secondary N) is 2. The maximum Gasteiger partial charge on any atom is 0.328 e. The third-order valence-corrected chi connectivity index (χ3v) is 10.0. The highest BCUT2D eigenvalue weighted by molar-refractivity contribution is 6.74. The molecule has 1 rings (SSSR count). The third-order valence-electron chi connectivity index (χ3n) is 5.50. The fraction of sp³-hybridized carbons (Fsp3) is 0.591. The monoisotopic (exact) mass is 454 g/mol. The molecule has 0 heterocycles. The molecule has 0 aliphatic rings. The van der Waals surface area contributed by atoms with Gasteiger partial charge in [-0.05, 0) is 35.8 Å². The average molecular weight is 455 g/mol. The van der Waals surface area contributed by atoms with E-state index in [1.54, 1.807) is 6.07 Å². The lowest BCUT2D eigenvalue weighted by Crippen LogP contribution is -2.53. The van der Waals surface area contributed by atoms with Crippen molar-refractivity contribution < 1.29 is 27.9 Å². The van der Waals surface area contributed by atoms with Crippen LogP contribution in [-0.2, 0) is 30.0 Å². The lowest BCUT2D eigenvalue weighted by molar-refractivity contribution is -0.145. The Bertz CT molecular complexity index is 779. The van der Waals surface area contributed by atoms with Crippen molar-refractivity contribution in [1.29, 1.82) is 0 Å².